The van der Waals surface area contributed by atoms with E-state index >= 15 is 0 Å². The van der Waals surface area contributed by atoms with Crippen molar-refractivity contribution in [2.75, 3.05) is 4.90 Å². The number of aromatic nitrogens is 1. The van der Waals surface area contributed by atoms with Crippen molar-refractivity contribution in [3.05, 3.63) is 216 Å². The molecule has 1 aliphatic carbocycles. The van der Waals surface area contributed by atoms with E-state index in [-0.39, 0.29) is 0 Å². The van der Waals surface area contributed by atoms with Crippen LogP contribution < -0.4 is 4.90 Å². The second-order valence-corrected chi connectivity index (χ2v) is 13.7. The normalized spacial score (nSPS) is 15.1. The number of anilines is 3. The van der Waals surface area contributed by atoms with Crippen LogP contribution in [0.5, 0.6) is 0 Å². The van der Waals surface area contributed by atoms with E-state index in [4.69, 9.17) is 0 Å². The third-order valence-corrected chi connectivity index (χ3v) is 11.2. The van der Waals surface area contributed by atoms with Gasteiger partial charge < -0.3 is 9.47 Å². The van der Waals surface area contributed by atoms with Crippen LogP contribution in [0.25, 0.3) is 49.7 Å². The van der Waals surface area contributed by atoms with Gasteiger partial charge in [-0.3, -0.25) is 0 Å². The Morgan fingerprint density at radius 3 is 1.80 bits per heavy atom. The molecule has 1 atom stereocenters. The largest absolute Gasteiger partial charge is 0.310 e. The van der Waals surface area contributed by atoms with Crippen LogP contribution in [0, 0.1) is 0 Å². The highest BCUT2D eigenvalue weighted by atomic mass is 15.1. The number of benzene rings is 8. The first kappa shape index (κ1) is 28.2. The second-order valence-electron chi connectivity index (χ2n) is 13.7. The Kier molecular flexibility index (Phi) is 5.91. The monoisotopic (exact) mass is 648 g/mol. The summed E-state index contributed by atoms with van der Waals surface area (Å²) in [4.78, 5) is 2.38. The Labute approximate surface area is 297 Å². The van der Waals surface area contributed by atoms with E-state index in [1.54, 1.807) is 0 Å². The van der Waals surface area contributed by atoms with Crippen molar-refractivity contribution >= 4 is 38.9 Å². The smallest absolute Gasteiger partial charge is 0.0754 e. The van der Waals surface area contributed by atoms with E-state index in [1.807, 2.05) is 0 Å². The number of nitrogens with zero attached hydrogens (tertiary/aromatic N) is 2. The molecule has 2 heteroatoms. The maximum absolute atomic E-state index is 2.51. The lowest BCUT2D eigenvalue weighted by Gasteiger charge is -2.39. The fraction of sp³-hybridized carbons (Fsp3) is 0.0204. The highest BCUT2D eigenvalue weighted by Gasteiger charge is 2.50. The van der Waals surface area contributed by atoms with Gasteiger partial charge in [-0.1, -0.05) is 146 Å². The van der Waals surface area contributed by atoms with Crippen LogP contribution in [-0.2, 0) is 5.41 Å². The van der Waals surface area contributed by atoms with Gasteiger partial charge in [0.25, 0.3) is 0 Å². The van der Waals surface area contributed by atoms with Gasteiger partial charge in [0.05, 0.1) is 22.1 Å². The summed E-state index contributed by atoms with van der Waals surface area (Å²) >= 11 is 0. The Morgan fingerprint density at radius 2 is 0.961 bits per heavy atom. The maximum atomic E-state index is 2.51. The summed E-state index contributed by atoms with van der Waals surface area (Å²) in [6, 6.07) is 71.4. The van der Waals surface area contributed by atoms with E-state index in [2.05, 4.69) is 204 Å². The van der Waals surface area contributed by atoms with Gasteiger partial charge in [0, 0.05) is 27.8 Å². The predicted octanol–water partition coefficient (Wildman–Crippen LogP) is 12.6. The van der Waals surface area contributed by atoms with E-state index in [1.165, 1.54) is 72.0 Å². The Morgan fingerprint density at radius 1 is 0.373 bits per heavy atom. The van der Waals surface area contributed by atoms with Crippen LogP contribution in [0.1, 0.15) is 22.3 Å². The fourth-order valence-corrected chi connectivity index (χ4v) is 9.15. The molecule has 0 radical (unpaired) electrons. The molecule has 0 saturated carbocycles. The molecule has 11 rings (SSSR count). The molecule has 51 heavy (non-hydrogen) atoms. The standard InChI is InChI=1S/C49H32N2/c1-3-14-33(15-4-1)34-26-28-36(29-27-34)50(35-16-5-2-6-17-35)37-30-31-43-41(32-37)38-18-7-9-21-42(38)49(43)44-22-10-12-25-47(44)51-46-24-11-8-19-39(46)40-20-13-23-45(49)48(40)51/h1-32H. The minimum atomic E-state index is -0.458. The molecule has 1 spiro atoms. The quantitative estimate of drug-likeness (QED) is 0.184. The lowest BCUT2D eigenvalue weighted by molar-refractivity contribution is 0.748. The lowest BCUT2D eigenvalue weighted by Crippen LogP contribution is -2.33. The van der Waals surface area contributed by atoms with E-state index in [0.717, 1.165) is 17.1 Å². The zero-order chi connectivity index (χ0) is 33.5. The fourth-order valence-electron chi connectivity index (χ4n) is 9.15. The van der Waals surface area contributed by atoms with Gasteiger partial charge in [0.15, 0.2) is 0 Å². The summed E-state index contributed by atoms with van der Waals surface area (Å²) in [5.74, 6) is 0. The van der Waals surface area contributed by atoms with Crippen LogP contribution in [0.3, 0.4) is 0 Å². The van der Waals surface area contributed by atoms with Crippen LogP contribution >= 0.6 is 0 Å². The molecule has 2 aliphatic rings. The topological polar surface area (TPSA) is 8.17 Å². The molecule has 238 valence electrons. The number of rotatable bonds is 4. The summed E-state index contributed by atoms with van der Waals surface area (Å²) < 4.78 is 2.51. The van der Waals surface area contributed by atoms with Crippen molar-refractivity contribution in [2.45, 2.75) is 5.41 Å². The minimum Gasteiger partial charge on any atom is -0.310 e. The van der Waals surface area contributed by atoms with Gasteiger partial charge >= 0.3 is 0 Å². The van der Waals surface area contributed by atoms with Crippen LogP contribution in [0.2, 0.25) is 0 Å². The molecule has 0 N–H and O–H groups in total. The SMILES string of the molecule is c1ccc(-c2ccc(N(c3ccccc3)c3ccc4c(c3)-c3ccccc3C43c4ccccc4-n4c5ccccc5c5cccc3c54)cc2)cc1. The van der Waals surface area contributed by atoms with Crippen molar-refractivity contribution in [1.82, 2.24) is 4.57 Å². The van der Waals surface area contributed by atoms with Crippen molar-refractivity contribution in [1.29, 1.82) is 0 Å². The highest BCUT2D eigenvalue weighted by molar-refractivity contribution is 6.12. The molecular formula is C49H32N2. The summed E-state index contributed by atoms with van der Waals surface area (Å²) in [5, 5.41) is 2.59. The van der Waals surface area contributed by atoms with Gasteiger partial charge in [-0.15, -0.1) is 0 Å². The molecule has 1 aromatic heterocycles. The van der Waals surface area contributed by atoms with Gasteiger partial charge in [-0.05, 0) is 93.0 Å². The molecule has 1 aliphatic heterocycles. The molecule has 0 amide bonds. The van der Waals surface area contributed by atoms with Crippen molar-refractivity contribution in [3.8, 4) is 27.9 Å². The molecule has 2 heterocycles. The summed E-state index contributed by atoms with van der Waals surface area (Å²) in [6.07, 6.45) is 0. The Hall–Kier alpha value is -6.64. The van der Waals surface area contributed by atoms with Gasteiger partial charge in [-0.2, -0.15) is 0 Å². The predicted molar refractivity (Wildman–Crippen MR) is 212 cm³/mol. The number of hydrogen-bond acceptors (Lipinski definition) is 1. The molecule has 0 fully saturated rings. The molecule has 0 saturated heterocycles. The molecular weight excluding hydrogens is 617 g/mol. The summed E-state index contributed by atoms with van der Waals surface area (Å²) in [5.41, 5.74) is 17.1. The first-order chi connectivity index (χ1) is 25.3. The van der Waals surface area contributed by atoms with Gasteiger partial charge in [0.2, 0.25) is 0 Å². The first-order valence-electron chi connectivity index (χ1n) is 17.7. The van der Waals surface area contributed by atoms with Gasteiger partial charge in [0.1, 0.15) is 0 Å². The Bertz CT molecular complexity index is 2790. The number of hydrogen-bond donors (Lipinski definition) is 0. The molecule has 1 unspecified atom stereocenters. The molecule has 8 aromatic carbocycles. The molecule has 2 nitrogen and oxygen atoms in total. The molecule has 0 bridgehead atoms. The number of para-hydroxylation sites is 4. The average molecular weight is 649 g/mol. The second kappa shape index (κ2) is 10.7. The van der Waals surface area contributed by atoms with E-state index in [0.29, 0.717) is 0 Å². The van der Waals surface area contributed by atoms with Crippen molar-refractivity contribution < 1.29 is 0 Å². The third kappa shape index (κ3) is 3.82. The van der Waals surface area contributed by atoms with Crippen molar-refractivity contribution in [2.24, 2.45) is 0 Å². The van der Waals surface area contributed by atoms with Crippen LogP contribution in [-0.4, -0.2) is 4.57 Å². The Balaban J connectivity index is 1.17. The lowest BCUT2D eigenvalue weighted by atomic mass is 9.65. The van der Waals surface area contributed by atoms with Gasteiger partial charge in [-0.25, -0.2) is 0 Å². The first-order valence-corrected chi connectivity index (χ1v) is 17.7. The minimum absolute atomic E-state index is 0.458. The zero-order valence-electron chi connectivity index (χ0n) is 27.9. The van der Waals surface area contributed by atoms with Crippen LogP contribution in [0.4, 0.5) is 17.1 Å². The van der Waals surface area contributed by atoms with Crippen LogP contribution in [0.15, 0.2) is 194 Å². The summed E-state index contributed by atoms with van der Waals surface area (Å²) in [7, 11) is 0. The zero-order valence-corrected chi connectivity index (χ0v) is 27.9. The average Bonchev–Trinajstić information content (AvgIpc) is 3.70. The number of fused-ring (bicyclic) bond motifs is 12. The summed E-state index contributed by atoms with van der Waals surface area (Å²) in [6.45, 7) is 0. The van der Waals surface area contributed by atoms with E-state index < -0.39 is 5.41 Å². The maximum Gasteiger partial charge on any atom is 0.0754 e. The molecule has 9 aromatic rings. The highest BCUT2D eigenvalue weighted by Crippen LogP contribution is 2.61. The van der Waals surface area contributed by atoms with E-state index in [9.17, 15) is 0 Å². The third-order valence-electron chi connectivity index (χ3n) is 11.2. The van der Waals surface area contributed by atoms with Crippen molar-refractivity contribution in [3.63, 3.8) is 0 Å².